The molecule has 2 amide bonds. The molecule has 1 aromatic rings. The van der Waals surface area contributed by atoms with Crippen molar-refractivity contribution in [2.24, 2.45) is 0 Å². The summed E-state index contributed by atoms with van der Waals surface area (Å²) in [6.45, 7) is 6.72. The van der Waals surface area contributed by atoms with Crippen LogP contribution in [0.25, 0.3) is 0 Å². The molecule has 0 saturated carbocycles. The van der Waals surface area contributed by atoms with Crippen LogP contribution in [0.2, 0.25) is 0 Å². The van der Waals surface area contributed by atoms with Crippen LogP contribution in [0.5, 0.6) is 0 Å². The van der Waals surface area contributed by atoms with Gasteiger partial charge in [0.15, 0.2) is 0 Å². The second kappa shape index (κ2) is 9.56. The molecule has 0 radical (unpaired) electrons. The van der Waals surface area contributed by atoms with Gasteiger partial charge in [0.05, 0.1) is 7.11 Å². The van der Waals surface area contributed by atoms with Crippen LogP contribution in [-0.4, -0.2) is 37.0 Å². The largest absolute Gasteiger partial charge is 0.467 e. The summed E-state index contributed by atoms with van der Waals surface area (Å²) in [7, 11) is 1.22. The summed E-state index contributed by atoms with van der Waals surface area (Å²) < 4.78 is 18.0. The molecule has 0 heterocycles. The Morgan fingerprint density at radius 1 is 1.20 bits per heavy atom. The fraction of sp³-hybridized carbons (Fsp3) is 0.389. The molecule has 0 unspecified atom stereocenters. The fourth-order valence-corrected chi connectivity index (χ4v) is 2.31. The van der Waals surface area contributed by atoms with Crippen LogP contribution in [0.15, 0.2) is 36.4 Å². The molecule has 0 aliphatic carbocycles. The van der Waals surface area contributed by atoms with Crippen LogP contribution >= 0.6 is 0 Å². The maximum Gasteiger partial charge on any atom is 0.328 e. The number of hydrogen-bond donors (Lipinski definition) is 2. The molecule has 1 aromatic carbocycles. The van der Waals surface area contributed by atoms with Crippen molar-refractivity contribution in [1.29, 1.82) is 0 Å². The van der Waals surface area contributed by atoms with E-state index >= 15 is 0 Å². The maximum atomic E-state index is 13.3. The van der Waals surface area contributed by atoms with Gasteiger partial charge < -0.3 is 15.4 Å². The standard InChI is InChI=1S/C18H23FN2O4/c1-11(2)8-16(18(24)25-4)21-17(23)15(20-12(3)22)10-13-6-5-7-14(19)9-13/h5-7,9,15-16H,1,8,10H2,2-4H3,(H,20,22)(H,21,23)/t15-,16-/m0/s1. The van der Waals surface area contributed by atoms with Gasteiger partial charge in [0.1, 0.15) is 17.9 Å². The van der Waals surface area contributed by atoms with E-state index < -0.39 is 35.7 Å². The van der Waals surface area contributed by atoms with Crippen LogP contribution in [0.4, 0.5) is 4.39 Å². The highest BCUT2D eigenvalue weighted by Gasteiger charge is 2.27. The molecule has 25 heavy (non-hydrogen) atoms. The third kappa shape index (κ3) is 7.15. The Bertz CT molecular complexity index is 660. The number of nitrogens with one attached hydrogen (secondary N) is 2. The zero-order valence-corrected chi connectivity index (χ0v) is 14.6. The van der Waals surface area contributed by atoms with E-state index in [1.165, 1.54) is 32.2 Å². The monoisotopic (exact) mass is 350 g/mol. The van der Waals surface area contributed by atoms with Gasteiger partial charge in [0.2, 0.25) is 11.8 Å². The number of esters is 1. The summed E-state index contributed by atoms with van der Waals surface area (Å²) in [6, 6.07) is 3.89. The number of methoxy groups -OCH3 is 1. The quantitative estimate of drug-likeness (QED) is 0.550. The Balaban J connectivity index is 2.92. The van der Waals surface area contributed by atoms with E-state index in [1.807, 2.05) is 0 Å². The molecular formula is C18H23FN2O4. The zero-order chi connectivity index (χ0) is 19.0. The van der Waals surface area contributed by atoms with Crippen LogP contribution in [0.1, 0.15) is 25.8 Å². The first-order valence-corrected chi connectivity index (χ1v) is 7.77. The first-order chi connectivity index (χ1) is 11.7. The third-order valence-corrected chi connectivity index (χ3v) is 3.38. The number of ether oxygens (including phenoxy) is 1. The summed E-state index contributed by atoms with van der Waals surface area (Å²) in [6.07, 6.45) is 0.301. The Hall–Kier alpha value is -2.70. The SMILES string of the molecule is C=C(C)C[C@H](NC(=O)[C@H](Cc1cccc(F)c1)NC(C)=O)C(=O)OC. The lowest BCUT2D eigenvalue weighted by Gasteiger charge is -2.22. The summed E-state index contributed by atoms with van der Waals surface area (Å²) in [5.41, 5.74) is 1.24. The van der Waals surface area contributed by atoms with Crippen LogP contribution < -0.4 is 10.6 Å². The van der Waals surface area contributed by atoms with Crippen molar-refractivity contribution in [3.05, 3.63) is 47.8 Å². The van der Waals surface area contributed by atoms with Gasteiger partial charge >= 0.3 is 5.97 Å². The van der Waals surface area contributed by atoms with Gasteiger partial charge in [-0.15, -0.1) is 6.58 Å². The molecular weight excluding hydrogens is 327 g/mol. The van der Waals surface area contributed by atoms with Gasteiger partial charge in [-0.1, -0.05) is 17.7 Å². The summed E-state index contributed by atoms with van der Waals surface area (Å²) >= 11 is 0. The van der Waals surface area contributed by atoms with Gasteiger partial charge in [-0.05, 0) is 31.0 Å². The number of hydrogen-bond acceptors (Lipinski definition) is 4. The Morgan fingerprint density at radius 3 is 2.40 bits per heavy atom. The van der Waals surface area contributed by atoms with Crippen molar-refractivity contribution in [1.82, 2.24) is 10.6 Å². The van der Waals surface area contributed by atoms with E-state index in [2.05, 4.69) is 21.9 Å². The summed E-state index contributed by atoms with van der Waals surface area (Å²) in [4.78, 5) is 35.7. The predicted molar refractivity (Wildman–Crippen MR) is 91.1 cm³/mol. The summed E-state index contributed by atoms with van der Waals surface area (Å²) in [5.74, 6) is -2.01. The van der Waals surface area contributed by atoms with Crippen molar-refractivity contribution in [2.75, 3.05) is 7.11 Å². The first-order valence-electron chi connectivity index (χ1n) is 7.77. The van der Waals surface area contributed by atoms with Crippen molar-refractivity contribution in [2.45, 2.75) is 38.8 Å². The van der Waals surface area contributed by atoms with Crippen molar-refractivity contribution < 1.29 is 23.5 Å². The molecule has 0 saturated heterocycles. The van der Waals surface area contributed by atoms with Gasteiger partial charge in [-0.25, -0.2) is 9.18 Å². The average molecular weight is 350 g/mol. The van der Waals surface area contributed by atoms with Crippen molar-refractivity contribution >= 4 is 17.8 Å². The molecule has 0 aliphatic heterocycles. The normalized spacial score (nSPS) is 12.6. The molecule has 6 nitrogen and oxygen atoms in total. The minimum Gasteiger partial charge on any atom is -0.467 e. The molecule has 0 aliphatic rings. The molecule has 0 spiro atoms. The number of carbonyl (C=O) groups is 3. The lowest BCUT2D eigenvalue weighted by Crippen LogP contribution is -2.52. The van der Waals surface area contributed by atoms with Gasteiger partial charge in [-0.3, -0.25) is 9.59 Å². The molecule has 1 rings (SSSR count). The Kier molecular flexibility index (Phi) is 7.78. The maximum absolute atomic E-state index is 13.3. The van der Waals surface area contributed by atoms with Gasteiger partial charge in [-0.2, -0.15) is 0 Å². The van der Waals surface area contributed by atoms with Crippen LogP contribution in [0.3, 0.4) is 0 Å². The highest BCUT2D eigenvalue weighted by atomic mass is 19.1. The Labute approximate surface area is 146 Å². The predicted octanol–water partition coefficient (Wildman–Crippen LogP) is 1.50. The number of carbonyl (C=O) groups excluding carboxylic acids is 3. The third-order valence-electron chi connectivity index (χ3n) is 3.38. The lowest BCUT2D eigenvalue weighted by atomic mass is 10.0. The zero-order valence-electron chi connectivity index (χ0n) is 14.6. The molecule has 7 heteroatoms. The van der Waals surface area contributed by atoms with Crippen LogP contribution in [-0.2, 0) is 25.5 Å². The van der Waals surface area contributed by atoms with Crippen molar-refractivity contribution in [3.8, 4) is 0 Å². The average Bonchev–Trinajstić information content (AvgIpc) is 2.52. The Morgan fingerprint density at radius 2 is 1.88 bits per heavy atom. The van der Waals surface area contributed by atoms with E-state index in [-0.39, 0.29) is 12.8 Å². The topological polar surface area (TPSA) is 84.5 Å². The van der Waals surface area contributed by atoms with Gasteiger partial charge in [0.25, 0.3) is 0 Å². The first kappa shape index (κ1) is 20.3. The molecule has 0 bridgehead atoms. The van der Waals surface area contributed by atoms with E-state index in [4.69, 9.17) is 0 Å². The summed E-state index contributed by atoms with van der Waals surface area (Å²) in [5, 5.41) is 5.07. The second-order valence-corrected chi connectivity index (χ2v) is 5.83. The fourth-order valence-electron chi connectivity index (χ4n) is 2.31. The van der Waals surface area contributed by atoms with E-state index in [9.17, 15) is 18.8 Å². The number of rotatable bonds is 8. The lowest BCUT2D eigenvalue weighted by molar-refractivity contribution is -0.145. The highest BCUT2D eigenvalue weighted by molar-refractivity contribution is 5.90. The minimum atomic E-state index is -0.948. The molecule has 0 fully saturated rings. The van der Waals surface area contributed by atoms with Crippen molar-refractivity contribution in [3.63, 3.8) is 0 Å². The smallest absolute Gasteiger partial charge is 0.328 e. The molecule has 2 atom stereocenters. The molecule has 0 aromatic heterocycles. The number of benzene rings is 1. The number of halogens is 1. The van der Waals surface area contributed by atoms with Crippen LogP contribution in [0, 0.1) is 5.82 Å². The van der Waals surface area contributed by atoms with E-state index in [1.54, 1.807) is 13.0 Å². The van der Waals surface area contributed by atoms with Gasteiger partial charge in [0, 0.05) is 13.3 Å². The van der Waals surface area contributed by atoms with E-state index in [0.29, 0.717) is 11.1 Å². The van der Waals surface area contributed by atoms with E-state index in [0.717, 1.165) is 0 Å². The highest BCUT2D eigenvalue weighted by Crippen LogP contribution is 2.09. The number of amides is 2. The second-order valence-electron chi connectivity index (χ2n) is 5.83. The molecule has 2 N–H and O–H groups in total. The minimum absolute atomic E-state index is 0.0874. The molecule has 136 valence electrons.